The third-order valence-electron chi connectivity index (χ3n) is 7.25. The molecule has 0 aliphatic rings. The molecule has 0 aromatic carbocycles. The van der Waals surface area contributed by atoms with Crippen molar-refractivity contribution in [2.45, 2.75) is 149 Å². The normalized spacial score (nSPS) is 14.3. The molecule has 0 aromatic heterocycles. The highest BCUT2D eigenvalue weighted by molar-refractivity contribution is 5.70. The molecule has 0 rings (SSSR count). The Morgan fingerprint density at radius 1 is 0.762 bits per heavy atom. The van der Waals surface area contributed by atoms with E-state index in [2.05, 4.69) is 26.8 Å². The van der Waals surface area contributed by atoms with Gasteiger partial charge in [0.2, 0.25) is 0 Å². The van der Waals surface area contributed by atoms with E-state index in [0.717, 1.165) is 44.4 Å². The fourth-order valence-electron chi connectivity index (χ4n) is 4.25. The summed E-state index contributed by atoms with van der Waals surface area (Å²) in [5.74, 6) is 0.108. The maximum Gasteiger partial charge on any atom is 0.306 e. The number of allylic oxidation sites excluding steroid dienone is 6. The lowest BCUT2D eigenvalue weighted by molar-refractivity contribution is -0.161. The Morgan fingerprint density at radius 2 is 1.45 bits per heavy atom. The zero-order chi connectivity index (χ0) is 31.1. The Bertz CT molecular complexity index is 754. The van der Waals surface area contributed by atoms with Crippen LogP contribution in [0.2, 0.25) is 0 Å². The number of carbonyl (C=O) groups excluding carboxylic acids is 2. The second-order valence-electron chi connectivity index (χ2n) is 11.3. The molecule has 0 radical (unpaired) electrons. The molecule has 0 aromatic rings. The fraction of sp³-hybridized carbons (Fsp3) is 0.722. The van der Waals surface area contributed by atoms with Crippen molar-refractivity contribution in [1.29, 1.82) is 0 Å². The first-order valence-electron chi connectivity index (χ1n) is 16.7. The van der Waals surface area contributed by atoms with E-state index >= 15 is 0 Å². The van der Waals surface area contributed by atoms with Crippen LogP contribution in [0.15, 0.2) is 48.6 Å². The van der Waals surface area contributed by atoms with E-state index in [1.165, 1.54) is 51.4 Å². The van der Waals surface area contributed by atoms with E-state index in [1.807, 2.05) is 36.5 Å². The van der Waals surface area contributed by atoms with Crippen LogP contribution in [0.5, 0.6) is 0 Å². The van der Waals surface area contributed by atoms with Crippen molar-refractivity contribution in [3.63, 3.8) is 0 Å². The van der Waals surface area contributed by atoms with Gasteiger partial charge in [0.15, 0.2) is 6.10 Å². The van der Waals surface area contributed by atoms with Gasteiger partial charge in [-0.3, -0.25) is 9.59 Å². The number of unbranched alkanes of at least 4 members (excludes halogenated alkanes) is 9. The maximum atomic E-state index is 12.1. The van der Waals surface area contributed by atoms with Gasteiger partial charge in [-0.05, 0) is 50.9 Å². The summed E-state index contributed by atoms with van der Waals surface area (Å²) in [6.07, 6.45) is 32.0. The number of esters is 2. The van der Waals surface area contributed by atoms with Crippen LogP contribution in [-0.2, 0) is 19.1 Å². The largest absolute Gasteiger partial charge is 0.462 e. The number of rotatable bonds is 28. The van der Waals surface area contributed by atoms with E-state index in [4.69, 9.17) is 9.47 Å². The quantitative estimate of drug-likeness (QED) is 0.0410. The second kappa shape index (κ2) is 30.3. The molecule has 0 fully saturated rings. The van der Waals surface area contributed by atoms with Gasteiger partial charge >= 0.3 is 11.9 Å². The van der Waals surface area contributed by atoms with Crippen molar-refractivity contribution in [3.8, 4) is 0 Å². The van der Waals surface area contributed by atoms with Crippen LogP contribution in [0.1, 0.15) is 136 Å². The second-order valence-corrected chi connectivity index (χ2v) is 11.3. The molecule has 0 saturated heterocycles. The molecule has 242 valence electrons. The molecule has 2 N–H and O–H groups in total. The molecule has 6 nitrogen and oxygen atoms in total. The van der Waals surface area contributed by atoms with Crippen molar-refractivity contribution >= 4 is 11.9 Å². The highest BCUT2D eigenvalue weighted by Crippen LogP contribution is 2.14. The first kappa shape index (κ1) is 39.8. The van der Waals surface area contributed by atoms with Crippen LogP contribution in [0.25, 0.3) is 0 Å². The van der Waals surface area contributed by atoms with Crippen LogP contribution in [0.4, 0.5) is 0 Å². The van der Waals surface area contributed by atoms with Gasteiger partial charge in [-0.2, -0.15) is 0 Å². The lowest BCUT2D eigenvalue weighted by atomic mass is 10.00. The van der Waals surface area contributed by atoms with E-state index in [0.29, 0.717) is 19.3 Å². The van der Waals surface area contributed by atoms with Gasteiger partial charge in [-0.1, -0.05) is 127 Å². The van der Waals surface area contributed by atoms with Crippen molar-refractivity contribution in [2.75, 3.05) is 13.2 Å². The molecule has 0 bridgehead atoms. The Hall–Kier alpha value is -2.18. The molecular formula is C36H62O6. The molecule has 0 amide bonds. The molecule has 0 saturated carbocycles. The van der Waals surface area contributed by atoms with Crippen molar-refractivity contribution < 1.29 is 29.3 Å². The smallest absolute Gasteiger partial charge is 0.306 e. The summed E-state index contributed by atoms with van der Waals surface area (Å²) in [5.41, 5.74) is 0. The minimum absolute atomic E-state index is 0.108. The highest BCUT2D eigenvalue weighted by Gasteiger charge is 2.15. The van der Waals surface area contributed by atoms with Crippen LogP contribution < -0.4 is 0 Å². The summed E-state index contributed by atoms with van der Waals surface area (Å²) in [6.45, 7) is 6.26. The molecule has 0 spiro atoms. The topological polar surface area (TPSA) is 93.1 Å². The Balaban J connectivity index is 3.83. The van der Waals surface area contributed by atoms with Crippen LogP contribution in [-0.4, -0.2) is 47.6 Å². The fourth-order valence-corrected chi connectivity index (χ4v) is 4.25. The number of ether oxygens (including phenoxy) is 2. The van der Waals surface area contributed by atoms with Gasteiger partial charge in [0.05, 0.1) is 12.7 Å². The number of carbonyl (C=O) groups is 2. The average Bonchev–Trinajstić information content (AvgIpc) is 2.98. The van der Waals surface area contributed by atoms with E-state index in [9.17, 15) is 19.8 Å². The van der Waals surface area contributed by atoms with Crippen LogP contribution >= 0.6 is 0 Å². The minimum Gasteiger partial charge on any atom is -0.462 e. The molecule has 1 unspecified atom stereocenters. The Labute approximate surface area is 257 Å². The van der Waals surface area contributed by atoms with Gasteiger partial charge in [0.25, 0.3) is 0 Å². The highest BCUT2D eigenvalue weighted by atomic mass is 16.6. The zero-order valence-electron chi connectivity index (χ0n) is 27.0. The van der Waals surface area contributed by atoms with Gasteiger partial charge < -0.3 is 19.7 Å². The van der Waals surface area contributed by atoms with Gasteiger partial charge in [0.1, 0.15) is 6.61 Å². The first-order chi connectivity index (χ1) is 20.4. The van der Waals surface area contributed by atoms with E-state index < -0.39 is 18.2 Å². The first-order valence-corrected chi connectivity index (χ1v) is 16.7. The lowest BCUT2D eigenvalue weighted by Crippen LogP contribution is -2.28. The summed E-state index contributed by atoms with van der Waals surface area (Å²) in [4.78, 5) is 24.1. The molecule has 42 heavy (non-hydrogen) atoms. The average molecular weight is 591 g/mol. The van der Waals surface area contributed by atoms with E-state index in [1.54, 1.807) is 6.08 Å². The number of aliphatic hydroxyl groups is 2. The number of hydrogen-bond donors (Lipinski definition) is 2. The minimum atomic E-state index is -0.820. The van der Waals surface area contributed by atoms with Crippen molar-refractivity contribution in [1.82, 2.24) is 0 Å². The van der Waals surface area contributed by atoms with Crippen molar-refractivity contribution in [2.24, 2.45) is 5.92 Å². The standard InChI is InChI=1S/C36H62O6/c1-4-6-7-8-10-16-21-26-33(38)27-22-17-11-9-12-19-24-29-36(40)42-34(30-37)31-41-35(39)28-23-18-14-13-15-20-25-32(3)5-2/h9-10,12,16-17,21-22,26,32-34,37-38H,4-8,11,13-15,18-20,23-25,27-31H2,1-3H3/b12-9+,16-10-,22-17-,26-21-/t32?,33-,34-/m0/s1. The summed E-state index contributed by atoms with van der Waals surface area (Å²) >= 11 is 0. The Kier molecular flexibility index (Phi) is 28.7. The molecule has 0 aliphatic heterocycles. The summed E-state index contributed by atoms with van der Waals surface area (Å²) in [7, 11) is 0. The third-order valence-corrected chi connectivity index (χ3v) is 7.25. The van der Waals surface area contributed by atoms with Gasteiger partial charge in [0, 0.05) is 12.8 Å². The number of hydrogen-bond acceptors (Lipinski definition) is 6. The number of aliphatic hydroxyl groups excluding tert-OH is 2. The zero-order valence-corrected chi connectivity index (χ0v) is 27.0. The lowest BCUT2D eigenvalue weighted by Gasteiger charge is -2.15. The summed E-state index contributed by atoms with van der Waals surface area (Å²) < 4.78 is 10.5. The van der Waals surface area contributed by atoms with E-state index in [-0.39, 0.29) is 25.6 Å². The molecule has 6 heteroatoms. The van der Waals surface area contributed by atoms with Crippen molar-refractivity contribution in [3.05, 3.63) is 48.6 Å². The third kappa shape index (κ3) is 28.0. The predicted molar refractivity (Wildman–Crippen MR) is 174 cm³/mol. The van der Waals surface area contributed by atoms with Crippen LogP contribution in [0, 0.1) is 5.92 Å². The van der Waals surface area contributed by atoms with Gasteiger partial charge in [-0.25, -0.2) is 0 Å². The molecule has 0 heterocycles. The van der Waals surface area contributed by atoms with Gasteiger partial charge in [-0.15, -0.1) is 0 Å². The predicted octanol–water partition coefficient (Wildman–Crippen LogP) is 8.72. The summed E-state index contributed by atoms with van der Waals surface area (Å²) in [6, 6.07) is 0. The van der Waals surface area contributed by atoms with Crippen LogP contribution in [0.3, 0.4) is 0 Å². The monoisotopic (exact) mass is 590 g/mol. The molecule has 3 atom stereocenters. The molecular weight excluding hydrogens is 528 g/mol. The molecule has 0 aliphatic carbocycles. The summed E-state index contributed by atoms with van der Waals surface area (Å²) in [5, 5.41) is 19.5. The SMILES string of the molecule is CCCCC/C=C\C=C/[C@H](O)C/C=C\C/C=C/CCCC(=O)O[C@@H](CO)COC(=O)CCCCCCCCC(C)CC. The Morgan fingerprint density at radius 3 is 2.19 bits per heavy atom. The maximum absolute atomic E-state index is 12.1.